The minimum Gasteiger partial charge on any atom is -0.467 e. The largest absolute Gasteiger partial charge is 0.467 e. The number of esters is 1. The van der Waals surface area contributed by atoms with Gasteiger partial charge in [0, 0.05) is 15.5 Å². The van der Waals surface area contributed by atoms with Crippen LogP contribution in [0, 0.1) is 0 Å². The molecule has 2 atom stereocenters. The summed E-state index contributed by atoms with van der Waals surface area (Å²) in [6, 6.07) is 21.8. The van der Waals surface area contributed by atoms with Gasteiger partial charge in [0.15, 0.2) is 6.04 Å². The van der Waals surface area contributed by atoms with E-state index >= 15 is 0 Å². The average Bonchev–Trinajstić information content (AvgIpc) is 3.43. The van der Waals surface area contributed by atoms with E-state index in [9.17, 15) is 9.36 Å². The first kappa shape index (κ1) is 19.6. The van der Waals surface area contributed by atoms with Gasteiger partial charge in [0.1, 0.15) is 5.54 Å². The fourth-order valence-corrected chi connectivity index (χ4v) is 7.69. The highest BCUT2D eigenvalue weighted by molar-refractivity contribution is 7.77. The van der Waals surface area contributed by atoms with Gasteiger partial charge in [-0.05, 0) is 42.6 Å². The van der Waals surface area contributed by atoms with Crippen LogP contribution in [0.25, 0.3) is 0 Å². The summed E-state index contributed by atoms with van der Waals surface area (Å²) >= 11 is 1.51. The Bertz CT molecular complexity index is 1030. The van der Waals surface area contributed by atoms with Crippen molar-refractivity contribution in [1.82, 2.24) is 4.67 Å². The molecule has 2 heterocycles. The molecule has 5 nitrogen and oxygen atoms in total. The molecule has 0 aliphatic carbocycles. The summed E-state index contributed by atoms with van der Waals surface area (Å²) in [5.74, 6) is -0.452. The monoisotopic (exact) mass is 424 g/mol. The van der Waals surface area contributed by atoms with Crippen molar-refractivity contribution in [2.75, 3.05) is 7.11 Å². The zero-order chi connectivity index (χ0) is 20.5. The van der Waals surface area contributed by atoms with E-state index < -0.39 is 24.8 Å². The highest BCUT2D eigenvalue weighted by Crippen LogP contribution is 2.57. The maximum absolute atomic E-state index is 14.9. The highest BCUT2D eigenvalue weighted by atomic mass is 32.1. The molecule has 0 saturated heterocycles. The lowest BCUT2D eigenvalue weighted by atomic mass is 9.92. The standard InChI is InChI=1S/C22H21N2O3PS/c1-22(19-14-9-15-29-19)20(21(25)27-2)23-16-24(22)28(26,17-10-5-3-6-11-17)18-12-7-4-8-13-18/h3-16,20H,1-2H3/t20-,22-/m0/s1. The molecule has 3 aromatic rings. The molecule has 0 amide bonds. The van der Waals surface area contributed by atoms with E-state index in [4.69, 9.17) is 4.74 Å². The smallest absolute Gasteiger partial charge is 0.333 e. The minimum atomic E-state index is -3.34. The van der Waals surface area contributed by atoms with Gasteiger partial charge in [0.05, 0.1) is 13.4 Å². The Kier molecular flexibility index (Phi) is 5.15. The first-order valence-electron chi connectivity index (χ1n) is 9.19. The fraction of sp³-hybridized carbons (Fsp3) is 0.182. The lowest BCUT2D eigenvalue weighted by Gasteiger charge is -2.42. The first-order chi connectivity index (χ1) is 14.0. The van der Waals surface area contributed by atoms with Gasteiger partial charge in [-0.1, -0.05) is 42.5 Å². The molecule has 29 heavy (non-hydrogen) atoms. The maximum Gasteiger partial charge on any atom is 0.333 e. The number of carbonyl (C=O) groups excluding carboxylic acids is 1. The minimum absolute atomic E-state index is 0.452. The summed E-state index contributed by atoms with van der Waals surface area (Å²) in [6.07, 6.45) is 1.56. The normalized spacial score (nSPS) is 21.3. The Morgan fingerprint density at radius 2 is 1.62 bits per heavy atom. The molecule has 148 valence electrons. The second-order valence-electron chi connectivity index (χ2n) is 6.91. The van der Waals surface area contributed by atoms with E-state index in [-0.39, 0.29) is 0 Å². The second-order valence-corrected chi connectivity index (χ2v) is 10.5. The third-order valence-corrected chi connectivity index (χ3v) is 9.51. The van der Waals surface area contributed by atoms with Gasteiger partial charge < -0.3 is 4.74 Å². The fourth-order valence-electron chi connectivity index (χ4n) is 3.76. The summed E-state index contributed by atoms with van der Waals surface area (Å²) in [5.41, 5.74) is -0.942. The number of methoxy groups -OCH3 is 1. The number of thiophene rings is 1. The third-order valence-electron chi connectivity index (χ3n) is 5.29. The molecule has 7 heteroatoms. The number of rotatable bonds is 5. The Morgan fingerprint density at radius 3 is 2.10 bits per heavy atom. The van der Waals surface area contributed by atoms with Crippen LogP contribution in [0.15, 0.2) is 83.2 Å². The second kappa shape index (κ2) is 7.62. The molecule has 1 aromatic heterocycles. The molecule has 1 aliphatic heterocycles. The molecule has 2 aromatic carbocycles. The highest BCUT2D eigenvalue weighted by Gasteiger charge is 2.55. The number of nitrogens with zero attached hydrogens (tertiary/aromatic N) is 2. The van der Waals surface area contributed by atoms with Crippen LogP contribution in [0.2, 0.25) is 0 Å². The molecule has 0 N–H and O–H groups in total. The van der Waals surface area contributed by atoms with Crippen LogP contribution in [-0.4, -0.2) is 30.1 Å². The number of benzene rings is 2. The summed E-state index contributed by atoms with van der Waals surface area (Å²) < 4.78 is 21.7. The molecule has 0 bridgehead atoms. The lowest BCUT2D eigenvalue weighted by Crippen LogP contribution is -2.50. The molecule has 0 radical (unpaired) electrons. The van der Waals surface area contributed by atoms with E-state index in [0.717, 1.165) is 4.88 Å². The van der Waals surface area contributed by atoms with E-state index in [2.05, 4.69) is 4.99 Å². The van der Waals surface area contributed by atoms with E-state index in [1.165, 1.54) is 18.4 Å². The quantitative estimate of drug-likeness (QED) is 0.462. The van der Waals surface area contributed by atoms with Crippen molar-refractivity contribution >= 4 is 41.5 Å². The van der Waals surface area contributed by atoms with E-state index in [0.29, 0.717) is 10.6 Å². The zero-order valence-corrected chi connectivity index (χ0v) is 17.8. The van der Waals surface area contributed by atoms with E-state index in [1.807, 2.05) is 85.1 Å². The van der Waals surface area contributed by atoms with Crippen molar-refractivity contribution in [1.29, 1.82) is 0 Å². The van der Waals surface area contributed by atoms with Crippen molar-refractivity contribution < 1.29 is 14.1 Å². The SMILES string of the molecule is COC(=O)[C@@H]1N=CN(P(=O)(c2ccccc2)c2ccccc2)[C@@]1(C)c1cccs1. The van der Waals surface area contributed by atoms with Gasteiger partial charge in [-0.25, -0.2) is 4.79 Å². The van der Waals surface area contributed by atoms with Crippen molar-refractivity contribution in [2.45, 2.75) is 18.5 Å². The molecule has 0 fully saturated rings. The van der Waals surface area contributed by atoms with Crippen LogP contribution in [0.1, 0.15) is 11.8 Å². The zero-order valence-electron chi connectivity index (χ0n) is 16.1. The van der Waals surface area contributed by atoms with Crippen molar-refractivity contribution in [3.05, 3.63) is 83.1 Å². The molecule has 1 aliphatic rings. The van der Waals surface area contributed by atoms with Crippen molar-refractivity contribution in [3.8, 4) is 0 Å². The summed E-state index contributed by atoms with van der Waals surface area (Å²) in [4.78, 5) is 18.0. The molecule has 0 saturated carbocycles. The third kappa shape index (κ3) is 3.04. The van der Waals surface area contributed by atoms with Crippen LogP contribution in [0.5, 0.6) is 0 Å². The topological polar surface area (TPSA) is 59.0 Å². The van der Waals surface area contributed by atoms with Gasteiger partial charge in [0.25, 0.3) is 0 Å². The van der Waals surface area contributed by atoms with E-state index in [1.54, 1.807) is 11.0 Å². The van der Waals surface area contributed by atoms with Gasteiger partial charge >= 0.3 is 5.97 Å². The Labute approximate surface area is 174 Å². The Balaban J connectivity index is 1.96. The number of carbonyl (C=O) groups is 1. The Hall–Kier alpha value is -2.69. The first-order valence-corrected chi connectivity index (χ1v) is 11.7. The predicted molar refractivity (Wildman–Crippen MR) is 118 cm³/mol. The molecule has 0 spiro atoms. The lowest BCUT2D eigenvalue weighted by molar-refractivity contribution is -0.144. The van der Waals surface area contributed by atoms with Crippen LogP contribution in [-0.2, 0) is 19.6 Å². The summed E-state index contributed by atoms with van der Waals surface area (Å²) in [7, 11) is -1.99. The van der Waals surface area contributed by atoms with Gasteiger partial charge in [-0.3, -0.25) is 14.2 Å². The number of ether oxygens (including phenoxy) is 1. The van der Waals surface area contributed by atoms with Crippen molar-refractivity contribution in [3.63, 3.8) is 0 Å². The van der Waals surface area contributed by atoms with Gasteiger partial charge in [0.2, 0.25) is 7.29 Å². The van der Waals surface area contributed by atoms with Gasteiger partial charge in [-0.15, -0.1) is 11.3 Å². The van der Waals surface area contributed by atoms with Crippen LogP contribution in [0.3, 0.4) is 0 Å². The summed E-state index contributed by atoms with van der Waals surface area (Å²) in [5, 5.41) is 3.32. The number of hydrogen-bond donors (Lipinski definition) is 0. The number of aliphatic imine (C=N–C) groups is 1. The molecule has 0 unspecified atom stereocenters. The van der Waals surface area contributed by atoms with Crippen LogP contribution in [0.4, 0.5) is 0 Å². The van der Waals surface area contributed by atoms with Crippen LogP contribution >= 0.6 is 18.6 Å². The Morgan fingerprint density at radius 1 is 1.03 bits per heavy atom. The van der Waals surface area contributed by atoms with Crippen LogP contribution < -0.4 is 10.6 Å². The van der Waals surface area contributed by atoms with Gasteiger partial charge in [-0.2, -0.15) is 0 Å². The molecular formula is C22H21N2O3PS. The van der Waals surface area contributed by atoms with Crippen molar-refractivity contribution in [2.24, 2.45) is 4.99 Å². The predicted octanol–water partition coefficient (Wildman–Crippen LogP) is 3.78. The maximum atomic E-state index is 14.9. The molecule has 4 rings (SSSR count). The molecular weight excluding hydrogens is 403 g/mol. The summed E-state index contributed by atoms with van der Waals surface area (Å²) in [6.45, 7) is 1.91. The number of hydrogen-bond acceptors (Lipinski definition) is 5. The average molecular weight is 424 g/mol.